The van der Waals surface area contributed by atoms with E-state index >= 15 is 0 Å². The van der Waals surface area contributed by atoms with Gasteiger partial charge in [0.15, 0.2) is 0 Å². The van der Waals surface area contributed by atoms with E-state index < -0.39 is 6.09 Å². The van der Waals surface area contributed by atoms with Crippen LogP contribution in [0.25, 0.3) is 22.2 Å². The van der Waals surface area contributed by atoms with Crippen molar-refractivity contribution in [3.05, 3.63) is 42.5 Å². The first kappa shape index (κ1) is 21.6. The number of hydrogen-bond acceptors (Lipinski definition) is 5. The number of nitrogens with zero attached hydrogens (tertiary/aromatic N) is 1. The molecule has 2 aliphatic rings. The Morgan fingerprint density at radius 3 is 2.48 bits per heavy atom. The molecule has 33 heavy (non-hydrogen) atoms. The third kappa shape index (κ3) is 4.64. The van der Waals surface area contributed by atoms with Gasteiger partial charge in [-0.25, -0.2) is 4.79 Å². The number of nitrogens with two attached hydrogens (primary N) is 1. The molecule has 3 aromatic rings. The molecule has 0 unspecified atom stereocenters. The van der Waals surface area contributed by atoms with Gasteiger partial charge in [-0.3, -0.25) is 5.32 Å². The van der Waals surface area contributed by atoms with Crippen LogP contribution in [0.3, 0.4) is 0 Å². The van der Waals surface area contributed by atoms with Gasteiger partial charge >= 0.3 is 6.09 Å². The SMILES string of the molecule is CC(C)OC(=O)Nc1ccc(-c2c(N)c3ccc(OC4CCOCC4)cc3n2C2CC2)cc1. The molecule has 5 rings (SSSR count). The Kier molecular flexibility index (Phi) is 5.89. The van der Waals surface area contributed by atoms with Gasteiger partial charge in [0.25, 0.3) is 0 Å². The van der Waals surface area contributed by atoms with E-state index in [-0.39, 0.29) is 12.2 Å². The Labute approximate surface area is 193 Å². The number of anilines is 2. The summed E-state index contributed by atoms with van der Waals surface area (Å²) < 4.78 is 19.2. The van der Waals surface area contributed by atoms with Crippen LogP contribution in [-0.4, -0.2) is 36.1 Å². The van der Waals surface area contributed by atoms with E-state index in [9.17, 15) is 4.79 Å². The van der Waals surface area contributed by atoms with Crippen molar-refractivity contribution in [2.45, 2.75) is 57.8 Å². The van der Waals surface area contributed by atoms with E-state index in [2.05, 4.69) is 22.0 Å². The second kappa shape index (κ2) is 8.98. The molecular formula is C26H31N3O4. The molecule has 0 atom stereocenters. The minimum Gasteiger partial charge on any atom is -0.490 e. The summed E-state index contributed by atoms with van der Waals surface area (Å²) in [5, 5.41) is 3.81. The average molecular weight is 450 g/mol. The van der Waals surface area contributed by atoms with E-state index in [1.807, 2.05) is 44.2 Å². The van der Waals surface area contributed by atoms with Crippen molar-refractivity contribution >= 4 is 28.4 Å². The number of nitrogen functional groups attached to an aromatic ring is 1. The molecule has 2 fully saturated rings. The Bertz CT molecular complexity index is 1140. The number of benzene rings is 2. The molecule has 0 bridgehead atoms. The highest BCUT2D eigenvalue weighted by atomic mass is 16.6. The summed E-state index contributed by atoms with van der Waals surface area (Å²) in [5.74, 6) is 0.878. The summed E-state index contributed by atoms with van der Waals surface area (Å²) in [5.41, 5.74) is 11.3. The van der Waals surface area contributed by atoms with Crippen molar-refractivity contribution in [2.24, 2.45) is 0 Å². The van der Waals surface area contributed by atoms with Crippen molar-refractivity contribution in [1.29, 1.82) is 0 Å². The molecular weight excluding hydrogens is 418 g/mol. The standard InChI is InChI=1S/C26H31N3O4/c1-16(2)32-26(30)28-18-5-3-17(4-6-18)25-24(27)22-10-9-21(33-20-11-13-31-14-12-20)15-23(22)29(25)19-7-8-19/h3-6,9-10,15-16,19-20H,7-8,11-14,27H2,1-2H3,(H,28,30). The van der Waals surface area contributed by atoms with E-state index in [4.69, 9.17) is 19.9 Å². The van der Waals surface area contributed by atoms with Crippen LogP contribution in [0.1, 0.15) is 45.6 Å². The number of aromatic nitrogens is 1. The molecule has 1 saturated carbocycles. The largest absolute Gasteiger partial charge is 0.490 e. The van der Waals surface area contributed by atoms with Crippen molar-refractivity contribution in [3.8, 4) is 17.0 Å². The third-order valence-electron chi connectivity index (χ3n) is 6.15. The maximum absolute atomic E-state index is 11.9. The molecule has 1 amide bonds. The topological polar surface area (TPSA) is 87.7 Å². The van der Waals surface area contributed by atoms with Crippen LogP contribution in [0, 0.1) is 0 Å². The van der Waals surface area contributed by atoms with Gasteiger partial charge in [-0.2, -0.15) is 0 Å². The van der Waals surface area contributed by atoms with Gasteiger partial charge in [0.2, 0.25) is 0 Å². The van der Waals surface area contributed by atoms with Crippen LogP contribution in [0.15, 0.2) is 42.5 Å². The minimum absolute atomic E-state index is 0.168. The Hall–Kier alpha value is -3.19. The lowest BCUT2D eigenvalue weighted by Gasteiger charge is -2.23. The molecule has 2 heterocycles. The third-order valence-corrected chi connectivity index (χ3v) is 6.15. The fourth-order valence-electron chi connectivity index (χ4n) is 4.46. The Morgan fingerprint density at radius 1 is 1.09 bits per heavy atom. The van der Waals surface area contributed by atoms with Gasteiger partial charge in [-0.05, 0) is 51.0 Å². The molecule has 1 saturated heterocycles. The summed E-state index contributed by atoms with van der Waals surface area (Å²) in [7, 11) is 0. The molecule has 3 N–H and O–H groups in total. The van der Waals surface area contributed by atoms with Crippen LogP contribution in [0.2, 0.25) is 0 Å². The van der Waals surface area contributed by atoms with Crippen molar-refractivity contribution in [1.82, 2.24) is 4.57 Å². The summed E-state index contributed by atoms with van der Waals surface area (Å²) in [4.78, 5) is 11.9. The lowest BCUT2D eigenvalue weighted by Crippen LogP contribution is -2.25. The van der Waals surface area contributed by atoms with Crippen molar-refractivity contribution in [3.63, 3.8) is 0 Å². The van der Waals surface area contributed by atoms with E-state index in [1.54, 1.807) is 0 Å². The normalized spacial score (nSPS) is 16.8. The maximum Gasteiger partial charge on any atom is 0.411 e. The minimum atomic E-state index is -0.457. The summed E-state index contributed by atoms with van der Waals surface area (Å²) in [6.45, 7) is 5.15. The summed E-state index contributed by atoms with van der Waals surface area (Å²) in [6.07, 6.45) is 3.68. The Morgan fingerprint density at radius 2 is 1.82 bits per heavy atom. The highest BCUT2D eigenvalue weighted by Gasteiger charge is 2.30. The lowest BCUT2D eigenvalue weighted by atomic mass is 10.1. The number of nitrogens with one attached hydrogen (secondary N) is 1. The molecule has 1 aromatic heterocycles. The monoisotopic (exact) mass is 449 g/mol. The van der Waals surface area contributed by atoms with Crippen LogP contribution in [0.5, 0.6) is 5.75 Å². The first-order chi connectivity index (χ1) is 16.0. The number of carbonyl (C=O) groups is 1. The van der Waals surface area contributed by atoms with Gasteiger partial charge in [0.1, 0.15) is 11.9 Å². The van der Waals surface area contributed by atoms with E-state index in [1.165, 1.54) is 0 Å². The zero-order chi connectivity index (χ0) is 22.9. The molecule has 7 nitrogen and oxygen atoms in total. The van der Waals surface area contributed by atoms with Crippen molar-refractivity contribution in [2.75, 3.05) is 24.3 Å². The predicted molar refractivity (Wildman–Crippen MR) is 130 cm³/mol. The van der Waals surface area contributed by atoms with Crippen LogP contribution >= 0.6 is 0 Å². The number of rotatable bonds is 6. The van der Waals surface area contributed by atoms with Gasteiger partial charge < -0.3 is 24.5 Å². The number of fused-ring (bicyclic) bond motifs is 1. The van der Waals surface area contributed by atoms with E-state index in [0.29, 0.717) is 11.7 Å². The van der Waals surface area contributed by atoms with E-state index in [0.717, 1.165) is 72.5 Å². The second-order valence-corrected chi connectivity index (χ2v) is 9.13. The van der Waals surface area contributed by atoms with Gasteiger partial charge in [0, 0.05) is 41.6 Å². The molecule has 0 spiro atoms. The molecule has 7 heteroatoms. The number of carbonyl (C=O) groups excluding carboxylic acids is 1. The lowest BCUT2D eigenvalue weighted by molar-refractivity contribution is 0.0256. The first-order valence-electron chi connectivity index (χ1n) is 11.8. The van der Waals surface area contributed by atoms with Gasteiger partial charge in [-0.15, -0.1) is 0 Å². The fraction of sp³-hybridized carbons (Fsp3) is 0.423. The van der Waals surface area contributed by atoms with Crippen molar-refractivity contribution < 1.29 is 19.0 Å². The molecule has 2 aromatic carbocycles. The smallest absolute Gasteiger partial charge is 0.411 e. The maximum atomic E-state index is 11.9. The summed E-state index contributed by atoms with van der Waals surface area (Å²) in [6, 6.07) is 14.4. The molecule has 1 aliphatic carbocycles. The van der Waals surface area contributed by atoms with Crippen LogP contribution < -0.4 is 15.8 Å². The molecule has 0 radical (unpaired) electrons. The zero-order valence-corrected chi connectivity index (χ0v) is 19.2. The highest BCUT2D eigenvalue weighted by Crippen LogP contribution is 2.47. The Balaban J connectivity index is 1.45. The summed E-state index contributed by atoms with van der Waals surface area (Å²) >= 11 is 0. The number of hydrogen-bond donors (Lipinski definition) is 2. The quantitative estimate of drug-likeness (QED) is 0.501. The second-order valence-electron chi connectivity index (χ2n) is 9.13. The van der Waals surface area contributed by atoms with Gasteiger partial charge in [0.05, 0.1) is 36.2 Å². The zero-order valence-electron chi connectivity index (χ0n) is 19.2. The highest BCUT2D eigenvalue weighted by molar-refractivity contribution is 6.02. The van der Waals surface area contributed by atoms with Gasteiger partial charge in [-0.1, -0.05) is 12.1 Å². The first-order valence-corrected chi connectivity index (χ1v) is 11.8. The average Bonchev–Trinajstić information content (AvgIpc) is 3.59. The molecule has 174 valence electrons. The number of ether oxygens (including phenoxy) is 3. The number of amides is 1. The van der Waals surface area contributed by atoms with Crippen LogP contribution in [-0.2, 0) is 9.47 Å². The fourth-order valence-corrected chi connectivity index (χ4v) is 4.46. The predicted octanol–water partition coefficient (Wildman–Crippen LogP) is 5.74. The molecule has 1 aliphatic heterocycles. The van der Waals surface area contributed by atoms with Crippen LogP contribution in [0.4, 0.5) is 16.2 Å².